The number of fused-ring (bicyclic) bond motifs is 2. The van der Waals surface area contributed by atoms with Crippen LogP contribution in [0.3, 0.4) is 0 Å². The van der Waals surface area contributed by atoms with Crippen LogP contribution in [0.2, 0.25) is 0 Å². The molecule has 2 heterocycles. The third kappa shape index (κ3) is 3.40. The number of benzene rings is 3. The summed E-state index contributed by atoms with van der Waals surface area (Å²) in [6.45, 7) is 1.61. The molecule has 3 aromatic rings. The topological polar surface area (TPSA) is 44.7 Å². The number of thioether (sulfide) groups is 2. The van der Waals surface area contributed by atoms with Crippen LogP contribution in [0, 0.1) is 0 Å². The summed E-state index contributed by atoms with van der Waals surface area (Å²) < 4.78 is 0. The molecular weight excluding hydrogens is 410 g/mol. The number of aliphatic imine (C=N–C) groups is 1. The number of nitrogens with zero attached hydrogens (tertiary/aromatic N) is 2. The number of amides is 1. The minimum absolute atomic E-state index is 0.0192. The number of nitrogens with one attached hydrogen (secondary N) is 1. The van der Waals surface area contributed by atoms with Gasteiger partial charge in [-0.25, -0.2) is 10.0 Å². The number of amidine groups is 1. The smallest absolute Gasteiger partial charge is 0.239 e. The Kier molecular flexibility index (Phi) is 5.05. The van der Waals surface area contributed by atoms with Gasteiger partial charge in [-0.05, 0) is 23.8 Å². The number of hydrazine groups is 1. The lowest BCUT2D eigenvalue weighted by Gasteiger charge is -2.42. The summed E-state index contributed by atoms with van der Waals surface area (Å²) in [6.07, 6.45) is 0.795. The first-order valence-corrected chi connectivity index (χ1v) is 11.6. The molecule has 2 aliphatic heterocycles. The largest absolute Gasteiger partial charge is 0.273 e. The van der Waals surface area contributed by atoms with Gasteiger partial charge in [-0.3, -0.25) is 10.2 Å². The van der Waals surface area contributed by atoms with Crippen LogP contribution < -0.4 is 5.43 Å². The molecular formula is C24H21N3OS2. The van der Waals surface area contributed by atoms with Gasteiger partial charge in [0, 0.05) is 29.1 Å². The molecule has 4 nitrogen and oxygen atoms in total. The van der Waals surface area contributed by atoms with Crippen molar-refractivity contribution in [2.45, 2.75) is 28.4 Å². The van der Waals surface area contributed by atoms with E-state index in [1.54, 1.807) is 23.7 Å². The van der Waals surface area contributed by atoms with Crippen molar-refractivity contribution in [3.8, 4) is 0 Å². The van der Waals surface area contributed by atoms with Crippen molar-refractivity contribution in [2.75, 3.05) is 0 Å². The second-order valence-corrected chi connectivity index (χ2v) is 9.83. The van der Waals surface area contributed by atoms with Crippen LogP contribution in [-0.2, 0) is 9.67 Å². The molecule has 0 saturated carbocycles. The highest BCUT2D eigenvalue weighted by Gasteiger charge is 2.53. The molecule has 3 aromatic carbocycles. The first-order valence-electron chi connectivity index (χ1n) is 9.87. The molecule has 1 spiro atoms. The van der Waals surface area contributed by atoms with E-state index in [1.165, 1.54) is 10.5 Å². The average Bonchev–Trinajstić information content (AvgIpc) is 3.13. The Hall–Kier alpha value is -2.70. The maximum absolute atomic E-state index is 12.8. The summed E-state index contributed by atoms with van der Waals surface area (Å²) in [4.78, 5) is 18.2. The van der Waals surface area contributed by atoms with Gasteiger partial charge in [0.25, 0.3) is 0 Å². The molecule has 1 N–H and O–H groups in total. The Balaban J connectivity index is 1.61. The highest BCUT2D eigenvalue weighted by molar-refractivity contribution is 8.15. The SMILES string of the molecule is CC(=O)N1NC(=Nc2ccccc2)S[C@]12C[C@H](c1ccccc1)Sc1ccccc12. The third-order valence-electron chi connectivity index (χ3n) is 5.35. The molecule has 0 aliphatic carbocycles. The highest BCUT2D eigenvalue weighted by atomic mass is 32.2. The van der Waals surface area contributed by atoms with E-state index in [0.717, 1.165) is 22.8 Å². The van der Waals surface area contributed by atoms with E-state index in [-0.39, 0.29) is 11.2 Å². The summed E-state index contributed by atoms with van der Waals surface area (Å²) in [5.74, 6) is -0.0192. The minimum Gasteiger partial charge on any atom is -0.273 e. The van der Waals surface area contributed by atoms with Crippen LogP contribution in [0.5, 0.6) is 0 Å². The number of carbonyl (C=O) groups is 1. The van der Waals surface area contributed by atoms with Gasteiger partial charge in [-0.2, -0.15) is 0 Å². The van der Waals surface area contributed by atoms with Crippen LogP contribution in [0.15, 0.2) is 94.8 Å². The number of carbonyl (C=O) groups excluding carboxylic acids is 1. The zero-order chi connectivity index (χ0) is 20.6. The van der Waals surface area contributed by atoms with Gasteiger partial charge in [0.15, 0.2) is 5.17 Å². The van der Waals surface area contributed by atoms with Gasteiger partial charge in [-0.15, -0.1) is 11.8 Å². The first-order chi connectivity index (χ1) is 14.7. The van der Waals surface area contributed by atoms with Gasteiger partial charge in [0.1, 0.15) is 4.87 Å². The summed E-state index contributed by atoms with van der Waals surface area (Å²) in [5, 5.41) is 2.76. The summed E-state index contributed by atoms with van der Waals surface area (Å²) in [6, 6.07) is 28.8. The van der Waals surface area contributed by atoms with E-state index in [2.05, 4.69) is 54.0 Å². The number of rotatable bonds is 2. The average molecular weight is 432 g/mol. The monoisotopic (exact) mass is 431 g/mol. The van der Waals surface area contributed by atoms with Crippen molar-refractivity contribution < 1.29 is 4.79 Å². The number of hydrogen-bond acceptors (Lipinski definition) is 4. The van der Waals surface area contributed by atoms with Crippen molar-refractivity contribution in [3.05, 3.63) is 96.1 Å². The second-order valence-electron chi connectivity index (χ2n) is 7.32. The van der Waals surface area contributed by atoms with Gasteiger partial charge in [0.2, 0.25) is 5.91 Å². The lowest BCUT2D eigenvalue weighted by Crippen LogP contribution is -2.50. The van der Waals surface area contributed by atoms with E-state index in [1.807, 2.05) is 48.2 Å². The summed E-state index contributed by atoms with van der Waals surface area (Å²) >= 11 is 3.51. The fourth-order valence-electron chi connectivity index (χ4n) is 4.03. The predicted molar refractivity (Wildman–Crippen MR) is 125 cm³/mol. The van der Waals surface area contributed by atoms with E-state index in [4.69, 9.17) is 4.99 Å². The quantitative estimate of drug-likeness (QED) is 0.552. The lowest BCUT2D eigenvalue weighted by molar-refractivity contribution is -0.134. The molecule has 30 heavy (non-hydrogen) atoms. The fraction of sp³-hybridized carbons (Fsp3) is 0.167. The molecule has 2 atom stereocenters. The highest BCUT2D eigenvalue weighted by Crippen LogP contribution is 2.59. The molecule has 0 aromatic heterocycles. The normalized spacial score (nSPS) is 24.0. The summed E-state index contributed by atoms with van der Waals surface area (Å²) in [5.41, 5.74) is 6.60. The van der Waals surface area contributed by atoms with Gasteiger partial charge >= 0.3 is 0 Å². The van der Waals surface area contributed by atoms with Crippen LogP contribution >= 0.6 is 23.5 Å². The standard InChI is InChI=1S/C24H21N3OS2/c1-17(28)27-24(30-23(26-27)25-19-12-6-3-7-13-19)16-22(18-10-4-2-5-11-18)29-21-15-9-8-14-20(21)24/h2-15,22H,16H2,1H3,(H,25,26)/t22-,24+/m1/s1. The van der Waals surface area contributed by atoms with Crippen molar-refractivity contribution in [2.24, 2.45) is 4.99 Å². The van der Waals surface area contributed by atoms with E-state index >= 15 is 0 Å². The molecule has 1 fully saturated rings. The van der Waals surface area contributed by atoms with E-state index < -0.39 is 4.87 Å². The molecule has 0 radical (unpaired) electrons. The minimum atomic E-state index is -0.540. The first kappa shape index (κ1) is 19.3. The van der Waals surface area contributed by atoms with E-state index in [0.29, 0.717) is 0 Å². The van der Waals surface area contributed by atoms with Crippen molar-refractivity contribution >= 4 is 40.3 Å². The Bertz CT molecular complexity index is 1100. The molecule has 0 unspecified atom stereocenters. The Morgan fingerprint density at radius 1 is 1.00 bits per heavy atom. The predicted octanol–water partition coefficient (Wildman–Crippen LogP) is 5.86. The van der Waals surface area contributed by atoms with Crippen molar-refractivity contribution in [1.82, 2.24) is 10.4 Å². The molecule has 6 heteroatoms. The molecule has 150 valence electrons. The van der Waals surface area contributed by atoms with Crippen molar-refractivity contribution in [1.29, 1.82) is 0 Å². The maximum Gasteiger partial charge on any atom is 0.239 e. The van der Waals surface area contributed by atoms with Crippen LogP contribution in [-0.4, -0.2) is 16.1 Å². The van der Waals surface area contributed by atoms with Gasteiger partial charge in [-0.1, -0.05) is 78.5 Å². The van der Waals surface area contributed by atoms with Crippen molar-refractivity contribution in [3.63, 3.8) is 0 Å². The van der Waals surface area contributed by atoms with Crippen LogP contribution in [0.1, 0.15) is 29.7 Å². The zero-order valence-corrected chi connectivity index (χ0v) is 18.1. The Morgan fingerprint density at radius 2 is 1.67 bits per heavy atom. The molecule has 0 bridgehead atoms. The molecule has 1 saturated heterocycles. The second kappa shape index (κ2) is 7.85. The number of para-hydroxylation sites is 1. The van der Waals surface area contributed by atoms with Gasteiger partial charge < -0.3 is 0 Å². The fourth-order valence-corrected chi connectivity index (χ4v) is 7.05. The van der Waals surface area contributed by atoms with Crippen LogP contribution in [0.25, 0.3) is 0 Å². The van der Waals surface area contributed by atoms with E-state index in [9.17, 15) is 4.79 Å². The molecule has 1 amide bonds. The molecule has 2 aliphatic rings. The Labute approximate surface area is 184 Å². The van der Waals surface area contributed by atoms with Gasteiger partial charge in [0.05, 0.1) is 5.69 Å². The zero-order valence-electron chi connectivity index (χ0n) is 16.5. The molecule has 5 rings (SSSR count). The summed E-state index contributed by atoms with van der Waals surface area (Å²) in [7, 11) is 0. The lowest BCUT2D eigenvalue weighted by atomic mass is 9.96. The number of hydrogen-bond donors (Lipinski definition) is 1. The maximum atomic E-state index is 12.8. The third-order valence-corrected chi connectivity index (χ3v) is 7.96. The Morgan fingerprint density at radius 3 is 2.40 bits per heavy atom. The van der Waals surface area contributed by atoms with Crippen LogP contribution in [0.4, 0.5) is 5.69 Å².